The molecule has 0 aliphatic heterocycles. The smallest absolute Gasteiger partial charge is 0.833 e. The summed E-state index contributed by atoms with van der Waals surface area (Å²) in [7, 11) is 0. The van der Waals surface area contributed by atoms with Crippen molar-refractivity contribution in [3.63, 3.8) is 0 Å². The molecule has 1 nitrogen and oxygen atoms in total. The Balaban J connectivity index is 0.000000980. The molecule has 0 aliphatic carbocycles. The van der Waals surface area contributed by atoms with Crippen LogP contribution in [-0.2, 0) is 0 Å². The van der Waals surface area contributed by atoms with E-state index in [2.05, 4.69) is 5.92 Å². The van der Waals surface area contributed by atoms with Gasteiger partial charge in [-0.05, 0) is 16.8 Å². The Morgan fingerprint density at radius 3 is 2.43 bits per heavy atom. The van der Waals surface area contributed by atoms with Crippen molar-refractivity contribution < 1.29 is 24.0 Å². The van der Waals surface area contributed by atoms with Crippen molar-refractivity contribution >= 4 is 10.8 Å². The van der Waals surface area contributed by atoms with Crippen LogP contribution in [-0.4, -0.2) is 0 Å². The average molecular weight is 174 g/mol. The van der Waals surface area contributed by atoms with Crippen molar-refractivity contribution in [1.82, 2.24) is 0 Å². The standard InChI is InChI=1S/C12H8O.Li/c13-9-8-11-6-3-5-10-4-1-2-7-12(10)11;/h1-7,13H;/q;+1/p-1. The van der Waals surface area contributed by atoms with Crippen LogP contribution in [0.1, 0.15) is 5.56 Å². The molecular weight excluding hydrogens is 167 g/mol. The van der Waals surface area contributed by atoms with Crippen molar-refractivity contribution in [3.05, 3.63) is 48.0 Å². The van der Waals surface area contributed by atoms with Gasteiger partial charge in [-0.1, -0.05) is 42.3 Å². The molecule has 0 spiro atoms. The molecule has 2 rings (SSSR count). The summed E-state index contributed by atoms with van der Waals surface area (Å²) in [5.41, 5.74) is 0.799. The van der Waals surface area contributed by atoms with E-state index in [0.29, 0.717) is 0 Å². The predicted octanol–water partition coefficient (Wildman–Crippen LogP) is -1.49. The monoisotopic (exact) mass is 174 g/mol. The van der Waals surface area contributed by atoms with E-state index < -0.39 is 0 Å². The molecule has 62 valence electrons. The van der Waals surface area contributed by atoms with Crippen LogP contribution in [0.4, 0.5) is 0 Å². The minimum absolute atomic E-state index is 0. The zero-order valence-electron chi connectivity index (χ0n) is 7.95. The Labute approximate surface area is 94.9 Å². The van der Waals surface area contributed by atoms with Gasteiger partial charge in [0.05, 0.1) is 0 Å². The Hall–Kier alpha value is -1.34. The summed E-state index contributed by atoms with van der Waals surface area (Å²) in [5.74, 6) is 2.54. The molecule has 0 atom stereocenters. The van der Waals surface area contributed by atoms with Gasteiger partial charge in [0.2, 0.25) is 0 Å². The SMILES string of the molecule is [Li+].[O-]C#Cc1cccc2ccccc12. The molecule has 0 N–H and O–H groups in total. The molecule has 14 heavy (non-hydrogen) atoms. The molecule has 2 heteroatoms. The fourth-order valence-electron chi connectivity index (χ4n) is 1.39. The van der Waals surface area contributed by atoms with Gasteiger partial charge in [0, 0.05) is 5.56 Å². The zero-order valence-corrected chi connectivity index (χ0v) is 7.95. The first-order valence-corrected chi connectivity index (χ1v) is 4.03. The number of hydrogen-bond donors (Lipinski definition) is 0. The molecule has 0 unspecified atom stereocenters. The zero-order chi connectivity index (χ0) is 9.10. The fraction of sp³-hybridized carbons (Fsp3) is 0. The molecule has 0 saturated carbocycles. The Morgan fingerprint density at radius 1 is 0.929 bits per heavy atom. The van der Waals surface area contributed by atoms with E-state index in [0.717, 1.165) is 16.3 Å². The molecule has 0 aromatic heterocycles. The van der Waals surface area contributed by atoms with Crippen LogP contribution in [0.5, 0.6) is 0 Å². The van der Waals surface area contributed by atoms with Crippen LogP contribution in [0.3, 0.4) is 0 Å². The van der Waals surface area contributed by atoms with Gasteiger partial charge in [-0.25, -0.2) is 0 Å². The third-order valence-electron chi connectivity index (χ3n) is 1.98. The van der Waals surface area contributed by atoms with Crippen LogP contribution in [0.15, 0.2) is 42.5 Å². The summed E-state index contributed by atoms with van der Waals surface area (Å²) in [5, 5.41) is 12.3. The van der Waals surface area contributed by atoms with Crippen molar-refractivity contribution in [1.29, 1.82) is 0 Å². The molecule has 0 heterocycles. The van der Waals surface area contributed by atoms with Gasteiger partial charge >= 0.3 is 18.9 Å². The Morgan fingerprint density at radius 2 is 1.64 bits per heavy atom. The minimum Gasteiger partial charge on any atom is -0.833 e. The minimum atomic E-state index is 0. The van der Waals surface area contributed by atoms with Gasteiger partial charge in [0.25, 0.3) is 0 Å². The van der Waals surface area contributed by atoms with Crippen LogP contribution in [0.25, 0.3) is 10.8 Å². The molecule has 0 saturated heterocycles. The molecular formula is C12H7LiO. The molecule has 2 aromatic carbocycles. The van der Waals surface area contributed by atoms with Crippen LogP contribution in [0.2, 0.25) is 0 Å². The maximum absolute atomic E-state index is 10.2. The summed E-state index contributed by atoms with van der Waals surface area (Å²) < 4.78 is 0. The summed E-state index contributed by atoms with van der Waals surface area (Å²) in [4.78, 5) is 0. The first-order chi connectivity index (χ1) is 6.42. The average Bonchev–Trinajstić information content (AvgIpc) is 2.19. The van der Waals surface area contributed by atoms with Crippen LogP contribution in [0, 0.1) is 12.0 Å². The van der Waals surface area contributed by atoms with Gasteiger partial charge in [0.1, 0.15) is 0 Å². The third-order valence-corrected chi connectivity index (χ3v) is 1.98. The number of hydrogen-bond acceptors (Lipinski definition) is 1. The molecule has 0 radical (unpaired) electrons. The van der Waals surface area contributed by atoms with E-state index in [1.54, 1.807) is 6.11 Å². The first kappa shape index (κ1) is 10.7. The van der Waals surface area contributed by atoms with Gasteiger partial charge in [-0.3, -0.25) is 0 Å². The van der Waals surface area contributed by atoms with E-state index >= 15 is 0 Å². The number of benzene rings is 2. The van der Waals surface area contributed by atoms with Crippen molar-refractivity contribution in [2.45, 2.75) is 0 Å². The van der Waals surface area contributed by atoms with Gasteiger partial charge in [-0.15, -0.1) is 0 Å². The normalized spacial score (nSPS) is 8.57. The second-order valence-corrected chi connectivity index (χ2v) is 2.75. The topological polar surface area (TPSA) is 23.1 Å². The summed E-state index contributed by atoms with van der Waals surface area (Å²) in [6, 6.07) is 13.6. The van der Waals surface area contributed by atoms with Gasteiger partial charge in [0.15, 0.2) is 0 Å². The molecule has 0 aliphatic rings. The summed E-state index contributed by atoms with van der Waals surface area (Å²) in [6.07, 6.45) is 1.68. The molecule has 0 amide bonds. The van der Waals surface area contributed by atoms with E-state index in [4.69, 9.17) is 0 Å². The maximum Gasteiger partial charge on any atom is 1.00 e. The quantitative estimate of drug-likeness (QED) is 0.352. The third kappa shape index (κ3) is 1.94. The van der Waals surface area contributed by atoms with E-state index in [1.165, 1.54) is 0 Å². The number of rotatable bonds is 0. The first-order valence-electron chi connectivity index (χ1n) is 4.03. The van der Waals surface area contributed by atoms with Gasteiger partial charge < -0.3 is 5.11 Å². The van der Waals surface area contributed by atoms with E-state index in [1.807, 2.05) is 42.5 Å². The van der Waals surface area contributed by atoms with Crippen molar-refractivity contribution in [2.24, 2.45) is 0 Å². The fourth-order valence-corrected chi connectivity index (χ4v) is 1.39. The molecule has 0 fully saturated rings. The van der Waals surface area contributed by atoms with Crippen LogP contribution >= 0.6 is 0 Å². The molecule has 0 bridgehead atoms. The molecule has 2 aromatic rings. The van der Waals surface area contributed by atoms with Crippen LogP contribution < -0.4 is 24.0 Å². The Kier molecular flexibility index (Phi) is 3.66. The number of fused-ring (bicyclic) bond motifs is 1. The van der Waals surface area contributed by atoms with Gasteiger partial charge in [-0.2, -0.15) is 6.11 Å². The summed E-state index contributed by atoms with van der Waals surface area (Å²) >= 11 is 0. The Bertz CT molecular complexity index is 489. The van der Waals surface area contributed by atoms with E-state index in [9.17, 15) is 5.11 Å². The summed E-state index contributed by atoms with van der Waals surface area (Å²) in [6.45, 7) is 0. The van der Waals surface area contributed by atoms with Crippen molar-refractivity contribution in [3.8, 4) is 12.0 Å². The predicted molar refractivity (Wildman–Crippen MR) is 50.8 cm³/mol. The largest absolute Gasteiger partial charge is 1.00 e. The maximum atomic E-state index is 10.2. The second kappa shape index (κ2) is 4.77. The van der Waals surface area contributed by atoms with Crippen molar-refractivity contribution in [2.75, 3.05) is 0 Å². The second-order valence-electron chi connectivity index (χ2n) is 2.75. The van der Waals surface area contributed by atoms with E-state index in [-0.39, 0.29) is 18.9 Å².